The van der Waals surface area contributed by atoms with Crippen molar-refractivity contribution in [3.63, 3.8) is 0 Å². The third-order valence-electron chi connectivity index (χ3n) is 3.00. The Morgan fingerprint density at radius 2 is 1.84 bits per heavy atom. The molecule has 1 aliphatic carbocycles. The molecule has 1 saturated carbocycles. The van der Waals surface area contributed by atoms with Crippen molar-refractivity contribution in [2.24, 2.45) is 11.8 Å². The molecule has 19 heavy (non-hydrogen) atoms. The number of ether oxygens (including phenoxy) is 2. The zero-order valence-corrected chi connectivity index (χ0v) is 11.6. The third kappa shape index (κ3) is 4.89. The molecule has 0 aliphatic heterocycles. The molecule has 6 heteroatoms. The van der Waals surface area contributed by atoms with Crippen molar-refractivity contribution in [1.29, 1.82) is 0 Å². The standard InChI is InChI=1S/C13H21NO5/c1-4-18-12(16)10-6-9(10)7-11(14-8(3)15)13(17)19-5-2/h9-11H,4-7H2,1-3H3,(H,14,15)/t9-,10+,11+/m0/s1. The largest absolute Gasteiger partial charge is 0.466 e. The van der Waals surface area contributed by atoms with E-state index in [-0.39, 0.29) is 30.3 Å². The highest BCUT2D eigenvalue weighted by molar-refractivity contribution is 5.83. The van der Waals surface area contributed by atoms with E-state index in [1.165, 1.54) is 6.92 Å². The first-order valence-electron chi connectivity index (χ1n) is 6.59. The van der Waals surface area contributed by atoms with Crippen molar-refractivity contribution in [3.8, 4) is 0 Å². The maximum atomic E-state index is 11.7. The number of rotatable bonds is 7. The van der Waals surface area contributed by atoms with Crippen LogP contribution in [0, 0.1) is 11.8 Å². The van der Waals surface area contributed by atoms with Crippen LogP contribution in [-0.2, 0) is 23.9 Å². The molecule has 0 spiro atoms. The Kier molecular flexibility index (Phi) is 5.79. The number of nitrogens with one attached hydrogen (secondary N) is 1. The maximum Gasteiger partial charge on any atom is 0.328 e. The van der Waals surface area contributed by atoms with Gasteiger partial charge in [-0.3, -0.25) is 9.59 Å². The Morgan fingerprint density at radius 3 is 2.37 bits per heavy atom. The van der Waals surface area contributed by atoms with E-state index < -0.39 is 12.0 Å². The molecule has 0 aromatic rings. The molecule has 1 N–H and O–H groups in total. The fourth-order valence-corrected chi connectivity index (χ4v) is 2.05. The summed E-state index contributed by atoms with van der Waals surface area (Å²) >= 11 is 0. The molecule has 0 heterocycles. The Balaban J connectivity index is 2.48. The van der Waals surface area contributed by atoms with Gasteiger partial charge in [-0.25, -0.2) is 4.79 Å². The zero-order valence-electron chi connectivity index (χ0n) is 11.6. The Labute approximate surface area is 112 Å². The summed E-state index contributed by atoms with van der Waals surface area (Å²) in [6.45, 7) is 5.44. The van der Waals surface area contributed by atoms with E-state index in [4.69, 9.17) is 9.47 Å². The summed E-state index contributed by atoms with van der Waals surface area (Å²) < 4.78 is 9.83. The van der Waals surface area contributed by atoms with Crippen LogP contribution in [0.25, 0.3) is 0 Å². The maximum absolute atomic E-state index is 11.7. The molecule has 1 aliphatic rings. The second kappa shape index (κ2) is 7.11. The van der Waals surface area contributed by atoms with Crippen molar-refractivity contribution in [2.75, 3.05) is 13.2 Å². The summed E-state index contributed by atoms with van der Waals surface area (Å²) in [5.41, 5.74) is 0. The van der Waals surface area contributed by atoms with Crippen molar-refractivity contribution in [3.05, 3.63) is 0 Å². The number of carbonyl (C=O) groups is 3. The van der Waals surface area contributed by atoms with E-state index in [1.54, 1.807) is 13.8 Å². The Morgan fingerprint density at radius 1 is 1.21 bits per heavy atom. The van der Waals surface area contributed by atoms with Crippen LogP contribution in [0.1, 0.15) is 33.6 Å². The van der Waals surface area contributed by atoms with Gasteiger partial charge in [0.2, 0.25) is 5.91 Å². The van der Waals surface area contributed by atoms with Crippen LogP contribution in [0.3, 0.4) is 0 Å². The van der Waals surface area contributed by atoms with Crippen LogP contribution >= 0.6 is 0 Å². The SMILES string of the molecule is CCOC(=O)[C@@H](C[C@@H]1C[C@H]1C(=O)OCC)NC(C)=O. The summed E-state index contributed by atoms with van der Waals surface area (Å²) in [4.78, 5) is 34.3. The smallest absolute Gasteiger partial charge is 0.328 e. The molecule has 3 atom stereocenters. The fraction of sp³-hybridized carbons (Fsp3) is 0.769. The highest BCUT2D eigenvalue weighted by Gasteiger charge is 2.46. The van der Waals surface area contributed by atoms with Crippen LogP contribution in [0.2, 0.25) is 0 Å². The van der Waals surface area contributed by atoms with Gasteiger partial charge >= 0.3 is 11.9 Å². The Bertz CT molecular complexity index is 355. The van der Waals surface area contributed by atoms with Crippen molar-refractivity contribution in [2.45, 2.75) is 39.7 Å². The first kappa shape index (κ1) is 15.5. The molecular weight excluding hydrogens is 250 g/mol. The van der Waals surface area contributed by atoms with Gasteiger partial charge in [-0.1, -0.05) is 0 Å². The average Bonchev–Trinajstić information content (AvgIpc) is 3.07. The average molecular weight is 271 g/mol. The van der Waals surface area contributed by atoms with Crippen LogP contribution in [0.15, 0.2) is 0 Å². The molecule has 108 valence electrons. The number of hydrogen-bond donors (Lipinski definition) is 1. The van der Waals surface area contributed by atoms with E-state index in [1.807, 2.05) is 0 Å². The number of hydrogen-bond acceptors (Lipinski definition) is 5. The summed E-state index contributed by atoms with van der Waals surface area (Å²) in [6, 6.07) is -0.679. The summed E-state index contributed by atoms with van der Waals surface area (Å²) in [7, 11) is 0. The van der Waals surface area contributed by atoms with Gasteiger partial charge in [0.05, 0.1) is 19.1 Å². The lowest BCUT2D eigenvalue weighted by molar-refractivity contribution is -0.148. The van der Waals surface area contributed by atoms with Gasteiger partial charge in [-0.15, -0.1) is 0 Å². The molecule has 0 saturated heterocycles. The lowest BCUT2D eigenvalue weighted by Crippen LogP contribution is -2.41. The lowest BCUT2D eigenvalue weighted by atomic mass is 10.1. The van der Waals surface area contributed by atoms with Crippen LogP contribution in [-0.4, -0.2) is 37.1 Å². The summed E-state index contributed by atoms with van der Waals surface area (Å²) in [5.74, 6) is -1.03. The fourth-order valence-electron chi connectivity index (χ4n) is 2.05. The highest BCUT2D eigenvalue weighted by atomic mass is 16.5. The van der Waals surface area contributed by atoms with Crippen LogP contribution in [0.4, 0.5) is 0 Å². The van der Waals surface area contributed by atoms with E-state index in [0.29, 0.717) is 19.4 Å². The monoisotopic (exact) mass is 271 g/mol. The number of esters is 2. The zero-order chi connectivity index (χ0) is 14.4. The number of carbonyl (C=O) groups excluding carboxylic acids is 3. The van der Waals surface area contributed by atoms with Gasteiger partial charge in [-0.2, -0.15) is 0 Å². The van der Waals surface area contributed by atoms with Gasteiger partial charge in [-0.05, 0) is 32.6 Å². The molecule has 0 aromatic carbocycles. The molecule has 0 aromatic heterocycles. The molecule has 0 unspecified atom stereocenters. The van der Waals surface area contributed by atoms with Gasteiger partial charge in [0.15, 0.2) is 0 Å². The van der Waals surface area contributed by atoms with Crippen LogP contribution in [0.5, 0.6) is 0 Å². The third-order valence-corrected chi connectivity index (χ3v) is 3.00. The minimum Gasteiger partial charge on any atom is -0.466 e. The van der Waals surface area contributed by atoms with E-state index >= 15 is 0 Å². The van der Waals surface area contributed by atoms with Crippen LogP contribution < -0.4 is 5.32 Å². The predicted molar refractivity (Wildman–Crippen MR) is 67.1 cm³/mol. The van der Waals surface area contributed by atoms with E-state index in [0.717, 1.165) is 0 Å². The van der Waals surface area contributed by atoms with Crippen molar-refractivity contribution >= 4 is 17.8 Å². The normalized spacial score (nSPS) is 22.3. The predicted octanol–water partition coefficient (Wildman–Crippen LogP) is 0.643. The summed E-state index contributed by atoms with van der Waals surface area (Å²) in [5, 5.41) is 2.56. The molecule has 1 rings (SSSR count). The molecule has 1 fully saturated rings. The Hall–Kier alpha value is -1.59. The van der Waals surface area contributed by atoms with Crippen molar-refractivity contribution in [1.82, 2.24) is 5.32 Å². The van der Waals surface area contributed by atoms with Gasteiger partial charge in [0.1, 0.15) is 6.04 Å². The molecule has 0 radical (unpaired) electrons. The molecule has 0 bridgehead atoms. The van der Waals surface area contributed by atoms with Gasteiger partial charge in [0.25, 0.3) is 0 Å². The lowest BCUT2D eigenvalue weighted by Gasteiger charge is -2.16. The quantitative estimate of drug-likeness (QED) is 0.687. The molecular formula is C13H21NO5. The van der Waals surface area contributed by atoms with Crippen molar-refractivity contribution < 1.29 is 23.9 Å². The van der Waals surface area contributed by atoms with E-state index in [9.17, 15) is 14.4 Å². The highest BCUT2D eigenvalue weighted by Crippen LogP contribution is 2.43. The molecule has 1 amide bonds. The van der Waals surface area contributed by atoms with Gasteiger partial charge < -0.3 is 14.8 Å². The first-order chi connectivity index (χ1) is 8.99. The first-order valence-corrected chi connectivity index (χ1v) is 6.59. The second-order valence-corrected chi connectivity index (χ2v) is 4.60. The minimum atomic E-state index is -0.679. The summed E-state index contributed by atoms with van der Waals surface area (Å²) in [6.07, 6.45) is 1.12. The molecule has 6 nitrogen and oxygen atoms in total. The topological polar surface area (TPSA) is 81.7 Å². The number of amides is 1. The van der Waals surface area contributed by atoms with E-state index in [2.05, 4.69) is 5.32 Å². The van der Waals surface area contributed by atoms with Gasteiger partial charge in [0, 0.05) is 6.92 Å². The second-order valence-electron chi connectivity index (χ2n) is 4.60. The minimum absolute atomic E-state index is 0.0836.